The molecule has 1 aromatic heterocycles. The zero-order valence-electron chi connectivity index (χ0n) is 14.7. The van der Waals surface area contributed by atoms with Crippen molar-refractivity contribution in [2.75, 3.05) is 5.01 Å². The molecule has 5 heteroatoms. The second-order valence-electron chi connectivity index (χ2n) is 6.23. The number of para-hydroxylation sites is 1. The zero-order valence-corrected chi connectivity index (χ0v) is 14.7. The molecule has 0 unspecified atom stereocenters. The zero-order chi connectivity index (χ0) is 18.8. The van der Waals surface area contributed by atoms with Crippen LogP contribution >= 0.6 is 0 Å². The van der Waals surface area contributed by atoms with Gasteiger partial charge in [-0.1, -0.05) is 48.5 Å². The van der Waals surface area contributed by atoms with Crippen LogP contribution in [0, 0.1) is 0 Å². The van der Waals surface area contributed by atoms with Crippen molar-refractivity contribution in [3.63, 3.8) is 0 Å². The van der Waals surface area contributed by atoms with E-state index >= 15 is 0 Å². The summed E-state index contributed by atoms with van der Waals surface area (Å²) in [5.41, 5.74) is 3.71. The number of hydrogen-bond donors (Lipinski definition) is 1. The van der Waals surface area contributed by atoms with Crippen molar-refractivity contribution in [1.29, 1.82) is 0 Å². The first-order valence-electron chi connectivity index (χ1n) is 8.58. The number of nitrogens with zero attached hydrogens (tertiary/aromatic N) is 2. The van der Waals surface area contributed by atoms with Gasteiger partial charge < -0.3 is 4.98 Å². The maximum atomic E-state index is 12.7. The number of hydrazone groups is 1. The third kappa shape index (κ3) is 3.22. The highest BCUT2D eigenvalue weighted by atomic mass is 16.2. The molecule has 0 radical (unpaired) electrons. The van der Waals surface area contributed by atoms with Crippen LogP contribution in [0.3, 0.4) is 0 Å². The maximum Gasteiger partial charge on any atom is 0.280 e. The Labute approximate surface area is 156 Å². The number of amides is 1. The molecule has 1 aliphatic heterocycles. The number of carbonyl (C=O) groups is 2. The van der Waals surface area contributed by atoms with E-state index in [1.54, 1.807) is 37.4 Å². The first-order chi connectivity index (χ1) is 13.1. The van der Waals surface area contributed by atoms with Gasteiger partial charge in [0.05, 0.1) is 17.0 Å². The number of anilines is 1. The number of H-pyrrole nitrogens is 1. The molecule has 0 fully saturated rings. The summed E-state index contributed by atoms with van der Waals surface area (Å²) in [7, 11) is 0. The van der Waals surface area contributed by atoms with Gasteiger partial charge in [0.25, 0.3) is 5.91 Å². The fourth-order valence-corrected chi connectivity index (χ4v) is 2.97. The van der Waals surface area contributed by atoms with E-state index in [2.05, 4.69) is 10.1 Å². The third-order valence-electron chi connectivity index (χ3n) is 4.37. The van der Waals surface area contributed by atoms with Gasteiger partial charge in [-0.3, -0.25) is 9.59 Å². The quantitative estimate of drug-likeness (QED) is 0.567. The average molecular weight is 355 g/mol. The lowest BCUT2D eigenvalue weighted by molar-refractivity contribution is -0.114. The molecule has 27 heavy (non-hydrogen) atoms. The van der Waals surface area contributed by atoms with Gasteiger partial charge in [0, 0.05) is 23.0 Å². The largest absolute Gasteiger partial charge is 0.361 e. The van der Waals surface area contributed by atoms with Gasteiger partial charge in [-0.15, -0.1) is 0 Å². The summed E-state index contributed by atoms with van der Waals surface area (Å²) in [6.07, 6.45) is 3.38. The Morgan fingerprint density at radius 2 is 1.67 bits per heavy atom. The summed E-state index contributed by atoms with van der Waals surface area (Å²) in [5.74, 6) is -0.255. The smallest absolute Gasteiger partial charge is 0.280 e. The molecule has 2 aromatic carbocycles. The molecule has 1 amide bonds. The molecule has 0 atom stereocenters. The molecule has 132 valence electrons. The van der Waals surface area contributed by atoms with Crippen LogP contribution in [-0.4, -0.2) is 22.4 Å². The van der Waals surface area contributed by atoms with E-state index < -0.39 is 0 Å². The molecular formula is C22H17N3O2. The van der Waals surface area contributed by atoms with E-state index in [-0.39, 0.29) is 11.7 Å². The SMILES string of the molecule is CC1=NN(c2ccccc2)C(=O)/C1=C\c1cc(C(=O)c2ccccc2)c[nH]1. The maximum absolute atomic E-state index is 12.7. The monoisotopic (exact) mass is 355 g/mol. The normalized spacial score (nSPS) is 15.3. The number of ketones is 1. The van der Waals surface area contributed by atoms with Crippen LogP contribution in [0.4, 0.5) is 5.69 Å². The number of rotatable bonds is 4. The molecule has 1 N–H and O–H groups in total. The molecule has 5 nitrogen and oxygen atoms in total. The van der Waals surface area contributed by atoms with Crippen LogP contribution < -0.4 is 5.01 Å². The van der Waals surface area contributed by atoms with Gasteiger partial charge in [0.15, 0.2) is 5.78 Å². The fraction of sp³-hybridized carbons (Fsp3) is 0.0455. The molecule has 0 saturated heterocycles. The van der Waals surface area contributed by atoms with Crippen LogP contribution in [0.1, 0.15) is 28.5 Å². The number of aromatic amines is 1. The van der Waals surface area contributed by atoms with Crippen LogP contribution in [0.15, 0.2) is 83.6 Å². The summed E-state index contributed by atoms with van der Waals surface area (Å²) in [5, 5.41) is 5.75. The van der Waals surface area contributed by atoms with E-state index in [9.17, 15) is 9.59 Å². The molecule has 1 aliphatic rings. The Balaban J connectivity index is 1.60. The second kappa shape index (κ2) is 6.88. The topological polar surface area (TPSA) is 65.5 Å². The number of benzene rings is 2. The van der Waals surface area contributed by atoms with Gasteiger partial charge in [0.1, 0.15) is 0 Å². The number of hydrogen-bond acceptors (Lipinski definition) is 3. The lowest BCUT2D eigenvalue weighted by atomic mass is 10.1. The van der Waals surface area contributed by atoms with E-state index in [1.807, 2.05) is 48.5 Å². The molecule has 2 heterocycles. The Morgan fingerprint density at radius 1 is 1.00 bits per heavy atom. The van der Waals surface area contributed by atoms with Crippen molar-refractivity contribution in [2.45, 2.75) is 6.92 Å². The van der Waals surface area contributed by atoms with Gasteiger partial charge in [-0.25, -0.2) is 0 Å². The molecule has 0 spiro atoms. The average Bonchev–Trinajstić information content (AvgIpc) is 3.29. The minimum atomic E-state index is -0.191. The summed E-state index contributed by atoms with van der Waals surface area (Å²) in [6.45, 7) is 1.80. The van der Waals surface area contributed by atoms with E-state index in [1.165, 1.54) is 5.01 Å². The van der Waals surface area contributed by atoms with E-state index in [0.717, 1.165) is 5.69 Å². The minimum Gasteiger partial charge on any atom is -0.361 e. The van der Waals surface area contributed by atoms with Crippen molar-refractivity contribution in [3.05, 3.63) is 95.3 Å². The highest BCUT2D eigenvalue weighted by molar-refractivity contribution is 6.32. The predicted octanol–water partition coefficient (Wildman–Crippen LogP) is 4.05. The van der Waals surface area contributed by atoms with Gasteiger partial charge in [-0.05, 0) is 31.2 Å². The van der Waals surface area contributed by atoms with Crippen molar-refractivity contribution in [1.82, 2.24) is 4.98 Å². The lowest BCUT2D eigenvalue weighted by Gasteiger charge is -2.10. The van der Waals surface area contributed by atoms with Gasteiger partial charge in [-0.2, -0.15) is 10.1 Å². The van der Waals surface area contributed by atoms with Crippen LogP contribution in [0.2, 0.25) is 0 Å². The van der Waals surface area contributed by atoms with Crippen LogP contribution in [0.5, 0.6) is 0 Å². The minimum absolute atomic E-state index is 0.0643. The van der Waals surface area contributed by atoms with Crippen molar-refractivity contribution in [2.24, 2.45) is 5.10 Å². The Bertz CT molecular complexity index is 1060. The Kier molecular flexibility index (Phi) is 4.26. The molecular weight excluding hydrogens is 338 g/mol. The van der Waals surface area contributed by atoms with Crippen LogP contribution in [-0.2, 0) is 4.79 Å². The van der Waals surface area contributed by atoms with Crippen molar-refractivity contribution >= 4 is 29.2 Å². The Hall–Kier alpha value is -3.73. The fourth-order valence-electron chi connectivity index (χ4n) is 2.97. The van der Waals surface area contributed by atoms with Crippen molar-refractivity contribution < 1.29 is 9.59 Å². The molecule has 4 rings (SSSR count). The first kappa shape index (κ1) is 16.7. The summed E-state index contributed by atoms with van der Waals surface area (Å²) in [4.78, 5) is 28.3. The predicted molar refractivity (Wildman–Crippen MR) is 106 cm³/mol. The summed E-state index contributed by atoms with van der Waals surface area (Å²) < 4.78 is 0. The third-order valence-corrected chi connectivity index (χ3v) is 4.37. The lowest BCUT2D eigenvalue weighted by Crippen LogP contribution is -2.21. The van der Waals surface area contributed by atoms with Gasteiger partial charge >= 0.3 is 0 Å². The molecule has 0 aliphatic carbocycles. The van der Waals surface area contributed by atoms with Crippen LogP contribution in [0.25, 0.3) is 6.08 Å². The number of aromatic nitrogens is 1. The van der Waals surface area contributed by atoms with E-state index in [4.69, 9.17) is 0 Å². The second-order valence-corrected chi connectivity index (χ2v) is 6.23. The molecule has 0 bridgehead atoms. The van der Waals surface area contributed by atoms with E-state index in [0.29, 0.717) is 28.1 Å². The molecule has 0 saturated carbocycles. The van der Waals surface area contributed by atoms with Gasteiger partial charge in [0.2, 0.25) is 0 Å². The molecule has 3 aromatic rings. The highest BCUT2D eigenvalue weighted by Gasteiger charge is 2.28. The van der Waals surface area contributed by atoms with Crippen molar-refractivity contribution in [3.8, 4) is 0 Å². The Morgan fingerprint density at radius 3 is 2.37 bits per heavy atom. The first-order valence-corrected chi connectivity index (χ1v) is 8.58. The standard InChI is InChI=1S/C22H17N3O2/c1-15-20(22(27)25(24-15)19-10-6-3-7-11-19)13-18-12-17(14-23-18)21(26)16-8-4-2-5-9-16/h2-14,23H,1H3/b20-13-. The highest BCUT2D eigenvalue weighted by Crippen LogP contribution is 2.24. The number of carbonyl (C=O) groups excluding carboxylic acids is 2. The summed E-state index contributed by atoms with van der Waals surface area (Å²) >= 11 is 0. The summed E-state index contributed by atoms with van der Waals surface area (Å²) in [6, 6.07) is 20.1. The number of nitrogens with one attached hydrogen (secondary N) is 1.